The van der Waals surface area contributed by atoms with E-state index in [-0.39, 0.29) is 27.1 Å². The third-order valence-electron chi connectivity index (χ3n) is 1.63. The second-order valence-electron chi connectivity index (χ2n) is 2.54. The molecule has 0 aliphatic rings. The topological polar surface area (TPSA) is 54.4 Å². The molecule has 1 rings (SSSR count). The summed E-state index contributed by atoms with van der Waals surface area (Å²) in [6.07, 6.45) is 0.584. The van der Waals surface area contributed by atoms with Gasteiger partial charge in [-0.25, -0.2) is 0 Å². The third kappa shape index (κ3) is 1.78. The van der Waals surface area contributed by atoms with Crippen LogP contribution in [0.5, 0.6) is 5.75 Å². The molecule has 1 N–H and O–H groups in total. The number of phenols is 1. The Morgan fingerprint density at radius 2 is 2.15 bits per heavy atom. The lowest BCUT2D eigenvalue weighted by atomic mass is 10.1. The summed E-state index contributed by atoms with van der Waals surface area (Å²) in [6.45, 7) is 1.34. The zero-order valence-corrected chi connectivity index (χ0v) is 8.46. The van der Waals surface area contributed by atoms with Gasteiger partial charge in [0.2, 0.25) is 0 Å². The van der Waals surface area contributed by atoms with E-state index in [0.717, 1.165) is 0 Å². The van der Waals surface area contributed by atoms with Crippen molar-refractivity contribution in [3.05, 3.63) is 27.7 Å². The molecular formula is C9H7BrO3. The summed E-state index contributed by atoms with van der Waals surface area (Å²) in [7, 11) is 0. The smallest absolute Gasteiger partial charge is 0.161 e. The molecule has 0 spiro atoms. The lowest BCUT2D eigenvalue weighted by molar-refractivity contribution is 0.100. The van der Waals surface area contributed by atoms with Crippen LogP contribution in [-0.2, 0) is 0 Å². The predicted octanol–water partition coefficient (Wildman–Crippen LogP) is 2.17. The Bertz CT molecular complexity index is 371. The molecule has 0 heterocycles. The maximum Gasteiger partial charge on any atom is 0.161 e. The predicted molar refractivity (Wildman–Crippen MR) is 51.2 cm³/mol. The van der Waals surface area contributed by atoms with Crippen molar-refractivity contribution in [2.45, 2.75) is 6.92 Å². The first-order valence-electron chi connectivity index (χ1n) is 3.55. The minimum atomic E-state index is -0.259. The molecule has 0 amide bonds. The highest BCUT2D eigenvalue weighted by molar-refractivity contribution is 9.10. The van der Waals surface area contributed by atoms with Crippen molar-refractivity contribution in [3.8, 4) is 5.75 Å². The maximum atomic E-state index is 11.1. The van der Waals surface area contributed by atoms with E-state index >= 15 is 0 Å². The molecule has 0 aliphatic carbocycles. The van der Waals surface area contributed by atoms with Crippen LogP contribution < -0.4 is 0 Å². The van der Waals surface area contributed by atoms with Crippen molar-refractivity contribution < 1.29 is 14.7 Å². The van der Waals surface area contributed by atoms with Gasteiger partial charge in [-0.3, -0.25) is 9.59 Å². The molecule has 0 unspecified atom stereocenters. The minimum absolute atomic E-state index is 0.0456. The Morgan fingerprint density at radius 1 is 1.54 bits per heavy atom. The van der Waals surface area contributed by atoms with Gasteiger partial charge in [0.15, 0.2) is 12.1 Å². The summed E-state index contributed by atoms with van der Waals surface area (Å²) in [5.74, 6) is -0.305. The Morgan fingerprint density at radius 3 is 2.62 bits per heavy atom. The Kier molecular flexibility index (Phi) is 2.83. The van der Waals surface area contributed by atoms with E-state index in [2.05, 4.69) is 15.9 Å². The number of carbonyl (C=O) groups is 2. The fourth-order valence-corrected chi connectivity index (χ4v) is 1.68. The van der Waals surface area contributed by atoms with E-state index in [9.17, 15) is 14.7 Å². The van der Waals surface area contributed by atoms with E-state index in [1.807, 2.05) is 0 Å². The second-order valence-corrected chi connectivity index (χ2v) is 3.33. The van der Waals surface area contributed by atoms with Gasteiger partial charge in [-0.1, -0.05) is 0 Å². The quantitative estimate of drug-likeness (QED) is 0.639. The number of ketones is 1. The van der Waals surface area contributed by atoms with Gasteiger partial charge in [0.1, 0.15) is 5.75 Å². The third-order valence-corrected chi connectivity index (χ3v) is 2.44. The standard InChI is InChI=1S/C9H7BrO3/c1-5(12)8-6(4-11)2-3-7(13)9(8)10/h2-4,13H,1H3. The molecule has 3 nitrogen and oxygen atoms in total. The summed E-state index contributed by atoms with van der Waals surface area (Å²) in [5, 5.41) is 9.25. The Balaban J connectivity index is 3.50. The number of carbonyl (C=O) groups excluding carboxylic acids is 2. The Hall–Kier alpha value is -1.16. The second kappa shape index (κ2) is 3.70. The molecule has 0 fully saturated rings. The number of phenolic OH excluding ortho intramolecular Hbond substituents is 1. The summed E-state index contributed by atoms with van der Waals surface area (Å²) < 4.78 is 0.268. The van der Waals surface area contributed by atoms with Gasteiger partial charge in [0, 0.05) is 11.1 Å². The number of halogens is 1. The van der Waals surface area contributed by atoms with E-state index in [1.54, 1.807) is 0 Å². The van der Waals surface area contributed by atoms with Gasteiger partial charge >= 0.3 is 0 Å². The van der Waals surface area contributed by atoms with Crippen molar-refractivity contribution in [2.24, 2.45) is 0 Å². The van der Waals surface area contributed by atoms with Gasteiger partial charge in [0.25, 0.3) is 0 Å². The van der Waals surface area contributed by atoms with Gasteiger partial charge in [-0.2, -0.15) is 0 Å². The number of Topliss-reactive ketones (excluding diaryl/α,β-unsaturated/α-hetero) is 1. The van der Waals surface area contributed by atoms with Gasteiger partial charge in [-0.15, -0.1) is 0 Å². The van der Waals surface area contributed by atoms with Crippen LogP contribution >= 0.6 is 15.9 Å². The summed E-state index contributed by atoms with van der Waals surface area (Å²) in [5.41, 5.74) is 0.493. The molecule has 0 radical (unpaired) electrons. The number of aromatic hydroxyl groups is 1. The van der Waals surface area contributed by atoms with Crippen LogP contribution in [0.3, 0.4) is 0 Å². The first-order chi connectivity index (χ1) is 6.07. The van der Waals surface area contributed by atoms with Crippen LogP contribution in [0, 0.1) is 0 Å². The molecule has 0 saturated heterocycles. The summed E-state index contributed by atoms with van der Waals surface area (Å²) >= 11 is 3.04. The molecule has 1 aromatic rings. The van der Waals surface area contributed by atoms with Crippen molar-refractivity contribution in [1.29, 1.82) is 0 Å². The number of hydrogen-bond acceptors (Lipinski definition) is 3. The lowest BCUT2D eigenvalue weighted by Gasteiger charge is -2.04. The van der Waals surface area contributed by atoms with Crippen molar-refractivity contribution in [3.63, 3.8) is 0 Å². The van der Waals surface area contributed by atoms with Crippen LogP contribution in [0.15, 0.2) is 16.6 Å². The summed E-state index contributed by atoms with van der Waals surface area (Å²) in [6, 6.07) is 2.77. The molecule has 4 heteroatoms. The number of hydrogen-bond donors (Lipinski definition) is 1. The maximum absolute atomic E-state index is 11.1. The van der Waals surface area contributed by atoms with Crippen molar-refractivity contribution in [2.75, 3.05) is 0 Å². The average molecular weight is 243 g/mol. The zero-order chi connectivity index (χ0) is 10.0. The van der Waals surface area contributed by atoms with Crippen LogP contribution in [0.4, 0.5) is 0 Å². The molecule has 1 aromatic carbocycles. The lowest BCUT2D eigenvalue weighted by Crippen LogP contribution is -2.00. The molecule has 0 atom stereocenters. The van der Waals surface area contributed by atoms with Gasteiger partial charge in [-0.05, 0) is 35.0 Å². The number of benzene rings is 1. The van der Waals surface area contributed by atoms with Gasteiger partial charge in [0.05, 0.1) is 4.47 Å². The average Bonchev–Trinajstić information content (AvgIpc) is 2.08. The van der Waals surface area contributed by atoms with Gasteiger partial charge < -0.3 is 5.11 Å². The van der Waals surface area contributed by atoms with Crippen molar-refractivity contribution >= 4 is 28.0 Å². The largest absolute Gasteiger partial charge is 0.507 e. The zero-order valence-electron chi connectivity index (χ0n) is 6.87. The van der Waals surface area contributed by atoms with E-state index in [4.69, 9.17) is 0 Å². The fraction of sp³-hybridized carbons (Fsp3) is 0.111. The molecule has 0 saturated carbocycles. The molecule has 68 valence electrons. The first-order valence-corrected chi connectivity index (χ1v) is 4.34. The highest BCUT2D eigenvalue weighted by Crippen LogP contribution is 2.29. The van der Waals surface area contributed by atoms with Crippen LogP contribution in [0.25, 0.3) is 0 Å². The van der Waals surface area contributed by atoms with E-state index in [0.29, 0.717) is 6.29 Å². The summed E-state index contributed by atoms with van der Waals surface area (Å²) in [4.78, 5) is 21.6. The fourth-order valence-electron chi connectivity index (χ4n) is 1.04. The first kappa shape index (κ1) is 9.92. The Labute approximate surface area is 83.5 Å². The van der Waals surface area contributed by atoms with E-state index < -0.39 is 0 Å². The number of rotatable bonds is 2. The van der Waals surface area contributed by atoms with Crippen molar-refractivity contribution in [1.82, 2.24) is 0 Å². The molecule has 0 aliphatic heterocycles. The van der Waals surface area contributed by atoms with Crippen LogP contribution in [0.2, 0.25) is 0 Å². The minimum Gasteiger partial charge on any atom is -0.507 e. The van der Waals surface area contributed by atoms with E-state index in [1.165, 1.54) is 19.1 Å². The highest BCUT2D eigenvalue weighted by Gasteiger charge is 2.13. The normalized spacial score (nSPS) is 9.69. The molecular weight excluding hydrogens is 236 g/mol. The van der Waals surface area contributed by atoms with Crippen LogP contribution in [0.1, 0.15) is 27.6 Å². The highest BCUT2D eigenvalue weighted by atomic mass is 79.9. The monoisotopic (exact) mass is 242 g/mol. The van der Waals surface area contributed by atoms with Crippen LogP contribution in [-0.4, -0.2) is 17.2 Å². The number of aldehydes is 1. The SMILES string of the molecule is CC(=O)c1c(C=O)ccc(O)c1Br. The molecule has 0 bridgehead atoms. The molecule has 0 aromatic heterocycles. The molecule has 13 heavy (non-hydrogen) atoms.